The summed E-state index contributed by atoms with van der Waals surface area (Å²) >= 11 is 0. The van der Waals surface area contributed by atoms with E-state index in [1.165, 1.54) is 18.4 Å². The average Bonchev–Trinajstić information content (AvgIpc) is 2.33. The van der Waals surface area contributed by atoms with E-state index in [9.17, 15) is 4.79 Å². The Morgan fingerprint density at radius 3 is 2.26 bits per heavy atom. The van der Waals surface area contributed by atoms with E-state index in [1.807, 2.05) is 20.8 Å². The molecule has 0 aliphatic heterocycles. The molecule has 19 heavy (non-hydrogen) atoms. The van der Waals surface area contributed by atoms with Crippen molar-refractivity contribution in [2.75, 3.05) is 0 Å². The second-order valence-electron chi connectivity index (χ2n) is 5.78. The van der Waals surface area contributed by atoms with Crippen molar-refractivity contribution in [3.05, 3.63) is 35.4 Å². The number of hydrogen-bond donors (Lipinski definition) is 1. The minimum Gasteiger partial charge on any atom is -0.444 e. The summed E-state index contributed by atoms with van der Waals surface area (Å²) in [5.74, 6) is 0. The van der Waals surface area contributed by atoms with Gasteiger partial charge in [0.05, 0.1) is 0 Å². The molecule has 0 saturated carbocycles. The zero-order chi connectivity index (χ0) is 14.3. The van der Waals surface area contributed by atoms with Crippen LogP contribution in [-0.4, -0.2) is 11.7 Å². The van der Waals surface area contributed by atoms with Gasteiger partial charge in [-0.15, -0.1) is 0 Å². The quantitative estimate of drug-likeness (QED) is 0.870. The van der Waals surface area contributed by atoms with E-state index in [1.54, 1.807) is 0 Å². The minimum atomic E-state index is -0.450. The summed E-state index contributed by atoms with van der Waals surface area (Å²) in [7, 11) is 0. The molecule has 0 aromatic heterocycles. The van der Waals surface area contributed by atoms with Crippen molar-refractivity contribution in [1.29, 1.82) is 0 Å². The van der Waals surface area contributed by atoms with Crippen LogP contribution in [0.2, 0.25) is 0 Å². The van der Waals surface area contributed by atoms with Crippen LogP contribution in [-0.2, 0) is 17.7 Å². The van der Waals surface area contributed by atoms with Gasteiger partial charge in [0.15, 0.2) is 0 Å². The Morgan fingerprint density at radius 1 is 1.16 bits per heavy atom. The molecule has 0 heterocycles. The number of benzene rings is 1. The normalized spacial score (nSPS) is 11.2. The summed E-state index contributed by atoms with van der Waals surface area (Å²) in [6.45, 7) is 8.27. The average molecular weight is 263 g/mol. The number of carbonyl (C=O) groups is 1. The van der Waals surface area contributed by atoms with E-state index in [4.69, 9.17) is 4.74 Å². The van der Waals surface area contributed by atoms with E-state index in [-0.39, 0.29) is 6.09 Å². The Morgan fingerprint density at radius 2 is 1.74 bits per heavy atom. The van der Waals surface area contributed by atoms with Crippen LogP contribution in [0.1, 0.15) is 51.7 Å². The van der Waals surface area contributed by atoms with Crippen molar-refractivity contribution >= 4 is 6.09 Å². The first-order valence-electron chi connectivity index (χ1n) is 6.95. The molecule has 106 valence electrons. The van der Waals surface area contributed by atoms with Crippen molar-refractivity contribution in [3.63, 3.8) is 0 Å². The molecule has 0 bridgehead atoms. The van der Waals surface area contributed by atoms with Gasteiger partial charge in [-0.3, -0.25) is 0 Å². The number of unbranched alkanes of at least 4 members (excludes halogenated alkanes) is 1. The summed E-state index contributed by atoms with van der Waals surface area (Å²) < 4.78 is 5.19. The molecule has 3 nitrogen and oxygen atoms in total. The van der Waals surface area contributed by atoms with Crippen molar-refractivity contribution < 1.29 is 9.53 Å². The molecule has 1 N–H and O–H groups in total. The molecule has 0 saturated heterocycles. The Labute approximate surface area is 116 Å². The Kier molecular flexibility index (Phi) is 5.87. The van der Waals surface area contributed by atoms with Gasteiger partial charge in [-0.05, 0) is 44.7 Å². The molecular formula is C16H25NO2. The van der Waals surface area contributed by atoms with Crippen LogP contribution in [0.15, 0.2) is 24.3 Å². The first-order valence-corrected chi connectivity index (χ1v) is 6.95. The second-order valence-corrected chi connectivity index (χ2v) is 5.78. The molecule has 0 fully saturated rings. The summed E-state index contributed by atoms with van der Waals surface area (Å²) in [5, 5.41) is 2.76. The number of hydrogen-bond acceptors (Lipinski definition) is 2. The molecular weight excluding hydrogens is 238 g/mol. The molecule has 3 heteroatoms. The third-order valence-corrected chi connectivity index (χ3v) is 2.68. The maximum atomic E-state index is 11.5. The fourth-order valence-corrected chi connectivity index (χ4v) is 1.69. The van der Waals surface area contributed by atoms with Crippen molar-refractivity contribution in [1.82, 2.24) is 5.32 Å². The van der Waals surface area contributed by atoms with Crippen LogP contribution >= 0.6 is 0 Å². The predicted octanol–water partition coefficient (Wildman–Crippen LogP) is 4.05. The number of rotatable bonds is 5. The van der Waals surface area contributed by atoms with Gasteiger partial charge in [-0.25, -0.2) is 4.79 Å². The first-order chi connectivity index (χ1) is 8.90. The standard InChI is InChI=1S/C16H25NO2/c1-5-6-7-13-8-10-14(11-9-13)12-17-15(18)19-16(2,3)4/h8-11H,5-7,12H2,1-4H3,(H,17,18). The van der Waals surface area contributed by atoms with Gasteiger partial charge in [-0.1, -0.05) is 37.6 Å². The fourth-order valence-electron chi connectivity index (χ4n) is 1.69. The van der Waals surface area contributed by atoms with Gasteiger partial charge in [0.25, 0.3) is 0 Å². The predicted molar refractivity (Wildman–Crippen MR) is 78.1 cm³/mol. The fraction of sp³-hybridized carbons (Fsp3) is 0.562. The second kappa shape index (κ2) is 7.17. The smallest absolute Gasteiger partial charge is 0.407 e. The number of alkyl carbamates (subject to hydrolysis) is 1. The highest BCUT2D eigenvalue weighted by Crippen LogP contribution is 2.09. The number of amides is 1. The maximum absolute atomic E-state index is 11.5. The number of carbonyl (C=O) groups excluding carboxylic acids is 1. The maximum Gasteiger partial charge on any atom is 0.407 e. The van der Waals surface area contributed by atoms with Crippen LogP contribution < -0.4 is 5.32 Å². The van der Waals surface area contributed by atoms with Crippen LogP contribution in [0.5, 0.6) is 0 Å². The molecule has 0 aliphatic rings. The van der Waals surface area contributed by atoms with Gasteiger partial charge in [0.2, 0.25) is 0 Å². The Bertz CT molecular complexity index is 390. The van der Waals surface area contributed by atoms with Crippen LogP contribution in [0.25, 0.3) is 0 Å². The highest BCUT2D eigenvalue weighted by Gasteiger charge is 2.15. The van der Waals surface area contributed by atoms with Gasteiger partial charge in [-0.2, -0.15) is 0 Å². The lowest BCUT2D eigenvalue weighted by Crippen LogP contribution is -2.32. The van der Waals surface area contributed by atoms with Gasteiger partial charge < -0.3 is 10.1 Å². The van der Waals surface area contributed by atoms with Gasteiger partial charge in [0.1, 0.15) is 5.60 Å². The van der Waals surface area contributed by atoms with Crippen LogP contribution in [0.3, 0.4) is 0 Å². The molecule has 1 amide bonds. The minimum absolute atomic E-state index is 0.373. The lowest BCUT2D eigenvalue weighted by molar-refractivity contribution is 0.0523. The molecule has 1 aromatic rings. The highest BCUT2D eigenvalue weighted by molar-refractivity contribution is 5.67. The summed E-state index contributed by atoms with van der Waals surface area (Å²) in [5.41, 5.74) is 1.99. The zero-order valence-electron chi connectivity index (χ0n) is 12.5. The van der Waals surface area contributed by atoms with Gasteiger partial charge in [0, 0.05) is 6.54 Å². The molecule has 0 unspecified atom stereocenters. The van der Waals surface area contributed by atoms with Gasteiger partial charge >= 0.3 is 6.09 Å². The third-order valence-electron chi connectivity index (χ3n) is 2.68. The monoisotopic (exact) mass is 263 g/mol. The van der Waals surface area contributed by atoms with Crippen molar-refractivity contribution in [2.24, 2.45) is 0 Å². The number of ether oxygens (including phenoxy) is 1. The van der Waals surface area contributed by atoms with Crippen molar-refractivity contribution in [2.45, 2.75) is 59.1 Å². The first kappa shape index (κ1) is 15.5. The lowest BCUT2D eigenvalue weighted by Gasteiger charge is -2.19. The molecule has 0 spiro atoms. The Balaban J connectivity index is 2.39. The highest BCUT2D eigenvalue weighted by atomic mass is 16.6. The molecule has 1 aromatic carbocycles. The third kappa shape index (κ3) is 6.85. The number of aryl methyl sites for hydroxylation is 1. The zero-order valence-corrected chi connectivity index (χ0v) is 12.5. The van der Waals surface area contributed by atoms with E-state index in [0.29, 0.717) is 6.54 Å². The lowest BCUT2D eigenvalue weighted by atomic mass is 10.1. The topological polar surface area (TPSA) is 38.3 Å². The Hall–Kier alpha value is -1.51. The molecule has 1 rings (SSSR count). The summed E-state index contributed by atoms with van der Waals surface area (Å²) in [4.78, 5) is 11.5. The van der Waals surface area contributed by atoms with E-state index >= 15 is 0 Å². The van der Waals surface area contributed by atoms with E-state index in [2.05, 4.69) is 36.5 Å². The van der Waals surface area contributed by atoms with Crippen LogP contribution in [0, 0.1) is 0 Å². The largest absolute Gasteiger partial charge is 0.444 e. The number of nitrogens with one attached hydrogen (secondary N) is 1. The van der Waals surface area contributed by atoms with E-state index < -0.39 is 5.60 Å². The molecule has 0 atom stereocenters. The molecule has 0 radical (unpaired) electrons. The summed E-state index contributed by atoms with van der Waals surface area (Å²) in [6, 6.07) is 8.37. The van der Waals surface area contributed by atoms with Crippen LogP contribution in [0.4, 0.5) is 4.79 Å². The SMILES string of the molecule is CCCCc1ccc(CNC(=O)OC(C)(C)C)cc1. The van der Waals surface area contributed by atoms with E-state index in [0.717, 1.165) is 12.0 Å². The van der Waals surface area contributed by atoms with Crippen molar-refractivity contribution in [3.8, 4) is 0 Å². The summed E-state index contributed by atoms with van der Waals surface area (Å²) in [6.07, 6.45) is 3.18. The molecule has 0 aliphatic carbocycles.